The minimum absolute atomic E-state index is 0.141. The van der Waals surface area contributed by atoms with Gasteiger partial charge in [0.1, 0.15) is 6.04 Å². The van der Waals surface area contributed by atoms with Crippen molar-refractivity contribution in [3.8, 4) is 0 Å². The molecule has 2 aromatic carbocycles. The van der Waals surface area contributed by atoms with Gasteiger partial charge in [0.2, 0.25) is 15.9 Å². The second-order valence-corrected chi connectivity index (χ2v) is 10.8. The summed E-state index contributed by atoms with van der Waals surface area (Å²) < 4.78 is 33.0. The number of nitrogens with one attached hydrogen (secondary N) is 1. The number of hydrogen-bond acceptors (Lipinski definition) is 8. The summed E-state index contributed by atoms with van der Waals surface area (Å²) in [7, 11) is -3.67. The zero-order valence-corrected chi connectivity index (χ0v) is 19.7. The number of carbonyl (C=O) groups excluding carboxylic acids is 3. The van der Waals surface area contributed by atoms with E-state index in [4.69, 9.17) is 4.74 Å². The van der Waals surface area contributed by atoms with Crippen LogP contribution in [-0.4, -0.2) is 72.7 Å². The average molecular weight is 501 g/mol. The van der Waals surface area contributed by atoms with Gasteiger partial charge in [0, 0.05) is 13.1 Å². The standard InChI is InChI=1S/C22H20N4O6S2/c1-13(26-20(28)15-4-2-3-5-16(15)21(26)29)19(27)24-22-23-17-7-6-14(12-18(17)33-22)34(30,31)25-8-10-32-11-9-25/h2-7,12-13H,8-11H2,1H3,(H,23,24,27)/t13-/m1/s1. The first-order chi connectivity index (χ1) is 16.3. The third-order valence-corrected chi connectivity index (χ3v) is 8.62. The van der Waals surface area contributed by atoms with Crippen molar-refractivity contribution in [3.63, 3.8) is 0 Å². The predicted molar refractivity (Wildman–Crippen MR) is 124 cm³/mol. The molecule has 1 atom stereocenters. The number of carbonyl (C=O) groups is 3. The third-order valence-electron chi connectivity index (χ3n) is 5.79. The fraction of sp³-hybridized carbons (Fsp3) is 0.273. The van der Waals surface area contributed by atoms with Crippen LogP contribution in [0.3, 0.4) is 0 Å². The molecule has 0 radical (unpaired) electrons. The van der Waals surface area contributed by atoms with Gasteiger partial charge in [-0.25, -0.2) is 13.4 Å². The van der Waals surface area contributed by atoms with E-state index >= 15 is 0 Å². The lowest BCUT2D eigenvalue weighted by Gasteiger charge is -2.25. The molecule has 1 N–H and O–H groups in total. The number of hydrogen-bond donors (Lipinski definition) is 1. The lowest BCUT2D eigenvalue weighted by molar-refractivity contribution is -0.119. The second-order valence-electron chi connectivity index (χ2n) is 7.86. The Morgan fingerprint density at radius 1 is 1.09 bits per heavy atom. The molecule has 0 saturated carbocycles. The molecule has 3 amide bonds. The highest BCUT2D eigenvalue weighted by Gasteiger charge is 2.40. The van der Waals surface area contributed by atoms with Crippen molar-refractivity contribution in [1.29, 1.82) is 0 Å². The summed E-state index contributed by atoms with van der Waals surface area (Å²) in [5.41, 5.74) is 1.05. The number of thiazole rings is 1. The normalized spacial score (nSPS) is 17.7. The molecule has 5 rings (SSSR count). The summed E-state index contributed by atoms with van der Waals surface area (Å²) in [6.07, 6.45) is 0. The smallest absolute Gasteiger partial charge is 0.262 e. The van der Waals surface area contributed by atoms with E-state index in [1.54, 1.807) is 30.3 Å². The SMILES string of the molecule is C[C@H](C(=O)Nc1nc2ccc(S(=O)(=O)N3CCOCC3)cc2s1)N1C(=O)c2ccccc2C1=O. The van der Waals surface area contributed by atoms with Gasteiger partial charge in [-0.1, -0.05) is 23.5 Å². The molecule has 0 spiro atoms. The molecule has 3 heterocycles. The van der Waals surface area contributed by atoms with Crippen LogP contribution in [0.2, 0.25) is 0 Å². The maximum atomic E-state index is 12.9. The molecule has 176 valence electrons. The van der Waals surface area contributed by atoms with E-state index in [9.17, 15) is 22.8 Å². The molecule has 2 aliphatic rings. The van der Waals surface area contributed by atoms with Crippen molar-refractivity contribution < 1.29 is 27.5 Å². The van der Waals surface area contributed by atoms with Gasteiger partial charge in [-0.3, -0.25) is 19.3 Å². The van der Waals surface area contributed by atoms with Crippen LogP contribution in [0.1, 0.15) is 27.6 Å². The zero-order valence-electron chi connectivity index (χ0n) is 18.1. The Labute approximate surface area is 199 Å². The number of ether oxygens (including phenoxy) is 1. The zero-order chi connectivity index (χ0) is 24.0. The number of rotatable bonds is 5. The summed E-state index contributed by atoms with van der Waals surface area (Å²) in [4.78, 5) is 43.6. The number of aromatic nitrogens is 1. The molecule has 1 fully saturated rings. The summed E-state index contributed by atoms with van der Waals surface area (Å²) in [5.74, 6) is -1.62. The minimum atomic E-state index is -3.67. The first-order valence-electron chi connectivity index (χ1n) is 10.5. The molecular weight excluding hydrogens is 480 g/mol. The van der Waals surface area contributed by atoms with Crippen LogP contribution in [0.4, 0.5) is 5.13 Å². The second kappa shape index (κ2) is 8.55. The largest absolute Gasteiger partial charge is 0.379 e. The van der Waals surface area contributed by atoms with E-state index in [0.717, 1.165) is 16.2 Å². The lowest BCUT2D eigenvalue weighted by Crippen LogP contribution is -2.45. The quantitative estimate of drug-likeness (QED) is 0.531. The molecule has 10 nitrogen and oxygen atoms in total. The maximum absolute atomic E-state index is 12.9. The number of benzene rings is 2. The molecule has 3 aromatic rings. The van der Waals surface area contributed by atoms with Crippen LogP contribution in [0.15, 0.2) is 47.4 Å². The van der Waals surface area contributed by atoms with Crippen LogP contribution >= 0.6 is 11.3 Å². The van der Waals surface area contributed by atoms with Crippen LogP contribution in [0.25, 0.3) is 10.2 Å². The van der Waals surface area contributed by atoms with Crippen LogP contribution in [0.5, 0.6) is 0 Å². The van der Waals surface area contributed by atoms with Crippen LogP contribution in [-0.2, 0) is 19.6 Å². The number of sulfonamides is 1. The molecule has 0 unspecified atom stereocenters. The van der Waals surface area contributed by atoms with Gasteiger partial charge in [0.25, 0.3) is 11.8 Å². The van der Waals surface area contributed by atoms with Gasteiger partial charge in [0.05, 0.1) is 39.5 Å². The summed E-state index contributed by atoms with van der Waals surface area (Å²) >= 11 is 1.11. The first-order valence-corrected chi connectivity index (χ1v) is 12.8. The van der Waals surface area contributed by atoms with Gasteiger partial charge >= 0.3 is 0 Å². The molecule has 12 heteroatoms. The van der Waals surface area contributed by atoms with Crippen LogP contribution < -0.4 is 5.32 Å². The molecule has 0 aliphatic carbocycles. The molecular formula is C22H20N4O6S2. The van der Waals surface area contributed by atoms with Crippen LogP contribution in [0, 0.1) is 0 Å². The fourth-order valence-electron chi connectivity index (χ4n) is 3.94. The number of morpholine rings is 1. The molecule has 1 aromatic heterocycles. The van der Waals surface area contributed by atoms with E-state index < -0.39 is 33.8 Å². The Hall–Kier alpha value is -3.19. The van der Waals surface area contributed by atoms with Crippen molar-refractivity contribution in [2.75, 3.05) is 31.6 Å². The highest BCUT2D eigenvalue weighted by Crippen LogP contribution is 2.30. The van der Waals surface area contributed by atoms with Crippen molar-refractivity contribution in [3.05, 3.63) is 53.6 Å². The third kappa shape index (κ3) is 3.78. The van der Waals surface area contributed by atoms with Gasteiger partial charge in [-0.05, 0) is 37.3 Å². The summed E-state index contributed by atoms with van der Waals surface area (Å²) in [6, 6.07) is 9.96. The Kier molecular flexibility index (Phi) is 5.68. The van der Waals surface area contributed by atoms with E-state index in [1.807, 2.05) is 0 Å². The topological polar surface area (TPSA) is 126 Å². The van der Waals surface area contributed by atoms with E-state index in [2.05, 4.69) is 10.3 Å². The average Bonchev–Trinajstić information content (AvgIpc) is 3.36. The number of fused-ring (bicyclic) bond motifs is 2. The Morgan fingerprint density at radius 2 is 1.74 bits per heavy atom. The lowest BCUT2D eigenvalue weighted by atomic mass is 10.1. The Morgan fingerprint density at radius 3 is 2.38 bits per heavy atom. The van der Waals surface area contributed by atoms with Gasteiger partial charge < -0.3 is 10.1 Å². The highest BCUT2D eigenvalue weighted by atomic mass is 32.2. The monoisotopic (exact) mass is 500 g/mol. The number of imide groups is 1. The number of nitrogens with zero attached hydrogens (tertiary/aromatic N) is 3. The summed E-state index contributed by atoms with van der Waals surface area (Å²) in [6.45, 7) is 2.75. The minimum Gasteiger partial charge on any atom is -0.379 e. The maximum Gasteiger partial charge on any atom is 0.262 e. The van der Waals surface area contributed by atoms with E-state index in [-0.39, 0.29) is 21.2 Å². The van der Waals surface area contributed by atoms with Crippen molar-refractivity contribution in [1.82, 2.24) is 14.2 Å². The van der Waals surface area contributed by atoms with Gasteiger partial charge in [-0.2, -0.15) is 4.31 Å². The van der Waals surface area contributed by atoms with Crippen molar-refractivity contribution >= 4 is 54.4 Å². The molecule has 0 bridgehead atoms. The molecule has 1 saturated heterocycles. The van der Waals surface area contributed by atoms with Crippen molar-refractivity contribution in [2.24, 2.45) is 0 Å². The Balaban J connectivity index is 1.35. The summed E-state index contributed by atoms with van der Waals surface area (Å²) in [5, 5.41) is 2.88. The van der Waals surface area contributed by atoms with Gasteiger partial charge in [-0.15, -0.1) is 0 Å². The Bertz CT molecular complexity index is 1390. The van der Waals surface area contributed by atoms with Gasteiger partial charge in [0.15, 0.2) is 5.13 Å². The van der Waals surface area contributed by atoms with Crippen molar-refractivity contribution in [2.45, 2.75) is 17.9 Å². The molecule has 2 aliphatic heterocycles. The number of amides is 3. The highest BCUT2D eigenvalue weighted by molar-refractivity contribution is 7.89. The fourth-order valence-corrected chi connectivity index (χ4v) is 6.36. The van der Waals surface area contributed by atoms with E-state index in [1.165, 1.54) is 23.4 Å². The van der Waals surface area contributed by atoms with E-state index in [0.29, 0.717) is 36.5 Å². The number of anilines is 1. The predicted octanol–water partition coefficient (Wildman–Crippen LogP) is 1.94. The first kappa shape index (κ1) is 22.6. The molecule has 34 heavy (non-hydrogen) atoms.